The van der Waals surface area contributed by atoms with Gasteiger partial charge in [-0.3, -0.25) is 19.0 Å². The van der Waals surface area contributed by atoms with Crippen molar-refractivity contribution in [2.24, 2.45) is 11.8 Å². The van der Waals surface area contributed by atoms with Gasteiger partial charge < -0.3 is 25.0 Å². The quantitative estimate of drug-likeness (QED) is 0.210. The number of methoxy groups -OCH3 is 2. The molecule has 2 aromatic heterocycles. The molecule has 2 atom stereocenters. The van der Waals surface area contributed by atoms with Crippen molar-refractivity contribution in [2.75, 3.05) is 40.2 Å². The molecule has 256 valence electrons. The van der Waals surface area contributed by atoms with E-state index in [4.69, 9.17) is 37.7 Å². The Morgan fingerprint density at radius 3 is 2.48 bits per heavy atom. The molecule has 2 aliphatic carbocycles. The van der Waals surface area contributed by atoms with Crippen molar-refractivity contribution >= 4 is 51.9 Å². The van der Waals surface area contributed by atoms with Crippen LogP contribution in [0.1, 0.15) is 38.5 Å². The number of nitrogens with one attached hydrogen (secondary N) is 2. The van der Waals surface area contributed by atoms with Gasteiger partial charge in [0.25, 0.3) is 5.56 Å². The Morgan fingerprint density at radius 1 is 1.12 bits per heavy atom. The highest BCUT2D eigenvalue weighted by Crippen LogP contribution is 2.45. The summed E-state index contributed by atoms with van der Waals surface area (Å²) in [5, 5.41) is 7.45. The first-order valence-corrected chi connectivity index (χ1v) is 16.8. The van der Waals surface area contributed by atoms with Crippen LogP contribution in [0.2, 0.25) is 10.0 Å². The van der Waals surface area contributed by atoms with E-state index in [1.807, 2.05) is 25.1 Å². The molecule has 3 aromatic rings. The lowest BCUT2D eigenvalue weighted by Crippen LogP contribution is -2.45. The van der Waals surface area contributed by atoms with E-state index in [0.29, 0.717) is 66.4 Å². The maximum atomic E-state index is 14.4. The molecule has 0 bridgehead atoms. The molecule has 2 fully saturated rings. The van der Waals surface area contributed by atoms with Gasteiger partial charge in [-0.05, 0) is 63.8 Å². The molecule has 0 radical (unpaired) electrons. The van der Waals surface area contributed by atoms with Gasteiger partial charge in [0.1, 0.15) is 17.1 Å². The van der Waals surface area contributed by atoms with E-state index in [1.165, 1.54) is 20.3 Å². The molecule has 2 aliphatic rings. The number of ether oxygens (including phenoxy) is 2. The summed E-state index contributed by atoms with van der Waals surface area (Å²) in [6.07, 6.45) is 11.0. The zero-order chi connectivity index (χ0) is 34.5. The van der Waals surface area contributed by atoms with Crippen LogP contribution < -0.4 is 25.7 Å². The fraction of sp³-hybridized carbons (Fsp3) is 0.457. The summed E-state index contributed by atoms with van der Waals surface area (Å²) >= 11 is 13.5. The Hall–Kier alpha value is -3.93. The van der Waals surface area contributed by atoms with Crippen molar-refractivity contribution in [3.8, 4) is 22.6 Å². The van der Waals surface area contributed by atoms with Gasteiger partial charge in [-0.2, -0.15) is 4.98 Å². The number of rotatable bonds is 14. The normalized spacial score (nSPS) is 20.6. The Bertz CT molecular complexity index is 1760. The minimum absolute atomic E-state index is 0.00705. The highest BCUT2D eigenvalue weighted by molar-refractivity contribution is 6.41. The number of nitrogens with zero attached hydrogens (tertiary/aromatic N) is 4. The van der Waals surface area contributed by atoms with E-state index >= 15 is 0 Å². The summed E-state index contributed by atoms with van der Waals surface area (Å²) in [7, 11) is 6.83. The van der Waals surface area contributed by atoms with E-state index in [-0.39, 0.29) is 56.8 Å². The highest BCUT2D eigenvalue weighted by Gasteiger charge is 2.33. The first-order chi connectivity index (χ1) is 23.0. The molecule has 48 heavy (non-hydrogen) atoms. The maximum Gasteiger partial charge on any atom is 0.260 e. The number of benzene rings is 1. The lowest BCUT2D eigenvalue weighted by Gasteiger charge is -2.36. The molecule has 2 heterocycles. The second-order valence-electron chi connectivity index (χ2n) is 12.8. The third kappa shape index (κ3) is 7.85. The Morgan fingerprint density at radius 2 is 1.83 bits per heavy atom. The number of amides is 1. The molecule has 2 unspecified atom stereocenters. The average molecular weight is 698 g/mol. The molecular formula is C35H42Cl2N6O5. The van der Waals surface area contributed by atoms with Gasteiger partial charge in [0.2, 0.25) is 11.9 Å². The number of fused-ring (bicyclic) bond motifs is 1. The summed E-state index contributed by atoms with van der Waals surface area (Å²) in [6.45, 7) is 4.65. The minimum Gasteiger partial charge on any atom is -0.495 e. The van der Waals surface area contributed by atoms with E-state index in [1.54, 1.807) is 29.0 Å². The summed E-state index contributed by atoms with van der Waals surface area (Å²) < 4.78 is 12.6. The molecule has 0 spiro atoms. The molecule has 11 nitrogen and oxygen atoms in total. The molecule has 5 rings (SSSR count). The predicted molar refractivity (Wildman–Crippen MR) is 189 cm³/mol. The number of hydrogen-bond donors (Lipinski definition) is 2. The number of ketones is 1. The fourth-order valence-corrected chi connectivity index (χ4v) is 7.26. The van der Waals surface area contributed by atoms with Gasteiger partial charge in [0, 0.05) is 60.9 Å². The van der Waals surface area contributed by atoms with Crippen LogP contribution in [0.25, 0.3) is 22.2 Å². The summed E-state index contributed by atoms with van der Waals surface area (Å²) in [6, 6.07) is 3.30. The monoisotopic (exact) mass is 696 g/mol. The number of hydrogen-bond acceptors (Lipinski definition) is 9. The number of anilines is 1. The smallest absolute Gasteiger partial charge is 0.260 e. The third-order valence-corrected chi connectivity index (χ3v) is 9.85. The van der Waals surface area contributed by atoms with Gasteiger partial charge in [0.15, 0.2) is 5.78 Å². The molecule has 1 amide bonds. The molecule has 0 aliphatic heterocycles. The Labute approximate surface area is 290 Å². The van der Waals surface area contributed by atoms with E-state index in [0.717, 1.165) is 19.3 Å². The minimum atomic E-state index is -0.333. The lowest BCUT2D eigenvalue weighted by molar-refractivity contribution is -0.118. The van der Waals surface area contributed by atoms with Gasteiger partial charge in [-0.1, -0.05) is 42.3 Å². The largest absolute Gasteiger partial charge is 0.495 e. The molecule has 13 heteroatoms. The van der Waals surface area contributed by atoms with Crippen molar-refractivity contribution < 1.29 is 19.1 Å². The molecule has 1 aromatic carbocycles. The second-order valence-corrected chi connectivity index (χ2v) is 13.5. The van der Waals surface area contributed by atoms with Crippen molar-refractivity contribution in [1.29, 1.82) is 0 Å². The highest BCUT2D eigenvalue weighted by atomic mass is 35.5. The van der Waals surface area contributed by atoms with E-state index in [2.05, 4.69) is 22.2 Å². The predicted octanol–water partition coefficient (Wildman–Crippen LogP) is 5.52. The molecule has 0 saturated heterocycles. The first-order valence-electron chi connectivity index (χ1n) is 16.1. The van der Waals surface area contributed by atoms with Crippen LogP contribution in [0.4, 0.5) is 5.95 Å². The van der Waals surface area contributed by atoms with Crippen molar-refractivity contribution in [3.05, 3.63) is 63.5 Å². The molecule has 2 N–H and O–H groups in total. The van der Waals surface area contributed by atoms with E-state index < -0.39 is 0 Å². The van der Waals surface area contributed by atoms with Crippen LogP contribution in [0, 0.1) is 11.8 Å². The zero-order valence-corrected chi connectivity index (χ0v) is 29.2. The number of aromatic nitrogens is 3. The Balaban J connectivity index is 1.49. The van der Waals surface area contributed by atoms with Gasteiger partial charge >= 0.3 is 0 Å². The number of halogens is 2. The van der Waals surface area contributed by atoms with Crippen LogP contribution in [0.15, 0.2) is 47.9 Å². The maximum absolute atomic E-state index is 14.4. The first kappa shape index (κ1) is 35.4. The number of carbonyl (C=O) groups excluding carboxylic acids is 2. The van der Waals surface area contributed by atoms with Crippen molar-refractivity contribution in [3.63, 3.8) is 0 Å². The molecular weight excluding hydrogens is 655 g/mol. The van der Waals surface area contributed by atoms with Gasteiger partial charge in [-0.25, -0.2) is 4.98 Å². The summed E-state index contributed by atoms with van der Waals surface area (Å²) in [5.41, 5.74) is 0.675. The van der Waals surface area contributed by atoms with Crippen molar-refractivity contribution in [2.45, 2.75) is 57.2 Å². The third-order valence-electron chi connectivity index (χ3n) is 9.10. The second kappa shape index (κ2) is 15.5. The van der Waals surface area contributed by atoms with Gasteiger partial charge in [0.05, 0.1) is 29.8 Å². The van der Waals surface area contributed by atoms with Gasteiger partial charge in [-0.15, -0.1) is 0 Å². The van der Waals surface area contributed by atoms with E-state index in [9.17, 15) is 14.4 Å². The molecule has 2 saturated carbocycles. The topological polar surface area (TPSA) is 128 Å². The summed E-state index contributed by atoms with van der Waals surface area (Å²) in [4.78, 5) is 50.3. The number of pyridine rings is 1. The number of allylic oxidation sites excluding steroid dienone is 1. The van der Waals surface area contributed by atoms with Crippen molar-refractivity contribution in [1.82, 2.24) is 24.8 Å². The van der Waals surface area contributed by atoms with Crippen LogP contribution in [-0.2, 0) is 16.1 Å². The summed E-state index contributed by atoms with van der Waals surface area (Å²) in [5.74, 6) is 1.14. The number of likely N-dealkylation sites (N-methyl/N-ethyl adjacent to an activating group) is 1. The van der Waals surface area contributed by atoms with Crippen LogP contribution in [-0.4, -0.2) is 78.1 Å². The van der Waals surface area contributed by atoms with Crippen LogP contribution in [0.3, 0.4) is 0 Å². The van der Waals surface area contributed by atoms with Crippen LogP contribution >= 0.6 is 23.2 Å². The average Bonchev–Trinajstić information content (AvgIpc) is 3.47. The Kier molecular flexibility index (Phi) is 11.4. The fourth-order valence-electron chi connectivity index (χ4n) is 6.56. The number of carbonyl (C=O) groups is 2. The standard InChI is InChI=1S/C35H42Cl2N6O5/c1-6-24(44)15-21-9-7-10-26(21)40-35-38-18-22-16-25(30-31(36)27(47-4)17-28(48-5)32(30)37)34(46)43(33(22)41-35)19-20-13-23(14-20)39-29(45)11-8-12-42(2)3/h6,8,11,16-18,20-21,23,26H,1,7,9-10,12-15,19H2,2-5H3,(H,39,45)(H,38,40,41)/b11-8+. The van der Waals surface area contributed by atoms with Crippen LogP contribution in [0.5, 0.6) is 11.5 Å². The zero-order valence-electron chi connectivity index (χ0n) is 27.7. The lowest BCUT2D eigenvalue weighted by atomic mass is 9.80. The SMILES string of the molecule is C=CC(=O)CC1CCCC1Nc1ncc2cc(-c3c(Cl)c(OC)cc(OC)c3Cl)c(=O)n(CC3CC(NC(=O)/C=C/CN(C)C)C3)c2n1.